The number of rotatable bonds is 1. The molecule has 1 N–H and O–H groups in total. The van der Waals surface area contributed by atoms with Gasteiger partial charge in [0.05, 0.1) is 11.1 Å². The summed E-state index contributed by atoms with van der Waals surface area (Å²) in [4.78, 5) is 23.4. The van der Waals surface area contributed by atoms with Crippen molar-refractivity contribution in [3.8, 4) is 11.4 Å². The number of carbonyl (C=O) groups excluding carboxylic acids is 2. The van der Waals surface area contributed by atoms with Crippen LogP contribution in [0.15, 0.2) is 18.2 Å². The fourth-order valence-corrected chi connectivity index (χ4v) is 1.85. The Morgan fingerprint density at radius 3 is 2.35 bits per heavy atom. The van der Waals surface area contributed by atoms with E-state index in [9.17, 15) is 9.59 Å². The summed E-state index contributed by atoms with van der Waals surface area (Å²) in [6, 6.07) is 4.93. The number of imide groups is 1. The highest BCUT2D eigenvalue weighted by Gasteiger charge is 2.29. The standard InChI is InChI=1S/C10H7N5O2/c1-15-8(12-13-14-15)7-5-3-2-4-6(7)10(17)11-9(5)16/h2-4H,1H3,(H,11,16,17). The van der Waals surface area contributed by atoms with Crippen LogP contribution in [0, 0.1) is 0 Å². The van der Waals surface area contributed by atoms with Crippen LogP contribution >= 0.6 is 0 Å². The number of hydrogen-bond donors (Lipinski definition) is 1. The Morgan fingerprint density at radius 2 is 1.82 bits per heavy atom. The highest BCUT2D eigenvalue weighted by atomic mass is 16.2. The zero-order valence-corrected chi connectivity index (χ0v) is 8.84. The van der Waals surface area contributed by atoms with Gasteiger partial charge >= 0.3 is 0 Å². The summed E-state index contributed by atoms with van der Waals surface area (Å²) >= 11 is 0. The maximum absolute atomic E-state index is 11.7. The van der Waals surface area contributed by atoms with E-state index in [0.29, 0.717) is 22.5 Å². The van der Waals surface area contributed by atoms with Gasteiger partial charge in [0.25, 0.3) is 11.8 Å². The van der Waals surface area contributed by atoms with Crippen LogP contribution in [0.3, 0.4) is 0 Å². The molecule has 2 bridgehead atoms. The van der Waals surface area contributed by atoms with Gasteiger partial charge in [0.1, 0.15) is 0 Å². The average Bonchev–Trinajstić information content (AvgIpc) is 2.72. The van der Waals surface area contributed by atoms with Gasteiger partial charge in [-0.15, -0.1) is 5.10 Å². The first-order valence-electron chi connectivity index (χ1n) is 4.90. The zero-order chi connectivity index (χ0) is 12.0. The van der Waals surface area contributed by atoms with Gasteiger partial charge in [0, 0.05) is 12.6 Å². The summed E-state index contributed by atoms with van der Waals surface area (Å²) in [5.74, 6) is -0.457. The first-order valence-corrected chi connectivity index (χ1v) is 4.90. The lowest BCUT2D eigenvalue weighted by atomic mass is 9.96. The van der Waals surface area contributed by atoms with Crippen molar-refractivity contribution in [3.63, 3.8) is 0 Å². The third-order valence-corrected chi connectivity index (χ3v) is 2.62. The Bertz CT molecular complexity index is 614. The first-order chi connectivity index (χ1) is 8.18. The van der Waals surface area contributed by atoms with Crippen molar-refractivity contribution in [3.05, 3.63) is 29.3 Å². The number of aryl methyl sites for hydroxylation is 1. The lowest BCUT2D eigenvalue weighted by Gasteiger charge is -2.17. The van der Waals surface area contributed by atoms with Crippen LogP contribution in [0.25, 0.3) is 11.4 Å². The van der Waals surface area contributed by atoms with Crippen LogP contribution in [-0.4, -0.2) is 32.0 Å². The highest BCUT2D eigenvalue weighted by Crippen LogP contribution is 2.28. The number of amides is 2. The van der Waals surface area contributed by atoms with Crippen LogP contribution in [0.2, 0.25) is 0 Å². The molecular formula is C10H7N5O2. The molecule has 1 aromatic carbocycles. The zero-order valence-electron chi connectivity index (χ0n) is 8.84. The monoisotopic (exact) mass is 229 g/mol. The molecule has 0 spiro atoms. The summed E-state index contributed by atoms with van der Waals surface area (Å²) in [5, 5.41) is 13.3. The van der Waals surface area contributed by atoms with Crippen molar-refractivity contribution in [1.82, 2.24) is 25.5 Å². The fraction of sp³-hybridized carbons (Fsp3) is 0.100. The van der Waals surface area contributed by atoms with Crippen LogP contribution in [0.5, 0.6) is 0 Å². The van der Waals surface area contributed by atoms with E-state index >= 15 is 0 Å². The minimum atomic E-state index is -0.430. The van der Waals surface area contributed by atoms with E-state index in [1.54, 1.807) is 25.2 Å². The number of aromatic nitrogens is 4. The molecule has 2 heterocycles. The molecule has 17 heavy (non-hydrogen) atoms. The van der Waals surface area contributed by atoms with E-state index in [0.717, 1.165) is 0 Å². The van der Waals surface area contributed by atoms with Crippen LogP contribution < -0.4 is 5.32 Å². The van der Waals surface area contributed by atoms with Crippen molar-refractivity contribution in [2.75, 3.05) is 0 Å². The Kier molecular flexibility index (Phi) is 1.82. The summed E-state index contributed by atoms with van der Waals surface area (Å²) in [6.45, 7) is 0. The third-order valence-electron chi connectivity index (χ3n) is 2.62. The number of benzene rings is 1. The van der Waals surface area contributed by atoms with Crippen molar-refractivity contribution in [2.45, 2.75) is 0 Å². The lowest BCUT2D eigenvalue weighted by molar-refractivity contribution is 0.0842. The molecule has 1 aliphatic rings. The second-order valence-corrected chi connectivity index (χ2v) is 3.64. The van der Waals surface area contributed by atoms with Crippen LogP contribution in [0.1, 0.15) is 20.7 Å². The summed E-state index contributed by atoms with van der Waals surface area (Å²) in [6.07, 6.45) is 0. The van der Waals surface area contributed by atoms with E-state index in [1.807, 2.05) is 0 Å². The predicted molar refractivity (Wildman–Crippen MR) is 56.0 cm³/mol. The first kappa shape index (κ1) is 9.64. The van der Waals surface area contributed by atoms with Crippen LogP contribution in [-0.2, 0) is 7.05 Å². The van der Waals surface area contributed by atoms with Crippen molar-refractivity contribution >= 4 is 11.8 Å². The second-order valence-electron chi connectivity index (χ2n) is 3.64. The topological polar surface area (TPSA) is 89.8 Å². The van der Waals surface area contributed by atoms with E-state index in [2.05, 4.69) is 20.8 Å². The molecule has 1 aliphatic heterocycles. The van der Waals surface area contributed by atoms with Gasteiger partial charge in [-0.05, 0) is 22.6 Å². The van der Waals surface area contributed by atoms with E-state index in [4.69, 9.17) is 0 Å². The Labute approximate surface area is 95.4 Å². The molecule has 1 aromatic heterocycles. The number of tetrazole rings is 1. The normalized spacial score (nSPS) is 13.7. The number of hydrogen-bond acceptors (Lipinski definition) is 5. The number of nitrogens with zero attached hydrogens (tertiary/aromatic N) is 4. The Hall–Kier alpha value is -2.57. The molecule has 0 saturated heterocycles. The Balaban J connectivity index is 2.37. The van der Waals surface area contributed by atoms with Crippen LogP contribution in [0.4, 0.5) is 0 Å². The summed E-state index contributed by atoms with van der Waals surface area (Å²) in [5.41, 5.74) is 1.29. The van der Waals surface area contributed by atoms with Gasteiger partial charge in [-0.25, -0.2) is 4.68 Å². The molecule has 2 amide bonds. The molecule has 3 rings (SSSR count). The average molecular weight is 229 g/mol. The minimum absolute atomic E-state index is 0.402. The lowest BCUT2D eigenvalue weighted by Crippen LogP contribution is -2.36. The fourth-order valence-electron chi connectivity index (χ4n) is 1.85. The van der Waals surface area contributed by atoms with Crippen molar-refractivity contribution < 1.29 is 9.59 Å². The third kappa shape index (κ3) is 1.25. The predicted octanol–water partition coefficient (Wildman–Crippen LogP) is -0.239. The Morgan fingerprint density at radius 1 is 1.18 bits per heavy atom. The molecule has 0 radical (unpaired) electrons. The maximum atomic E-state index is 11.7. The summed E-state index contributed by atoms with van der Waals surface area (Å²) in [7, 11) is 1.65. The van der Waals surface area contributed by atoms with E-state index in [1.165, 1.54) is 4.68 Å². The van der Waals surface area contributed by atoms with Gasteiger partial charge in [-0.1, -0.05) is 6.07 Å². The summed E-state index contributed by atoms with van der Waals surface area (Å²) < 4.78 is 1.42. The number of nitrogens with one attached hydrogen (secondary N) is 1. The number of fused-ring (bicyclic) bond motifs is 2. The molecule has 84 valence electrons. The van der Waals surface area contributed by atoms with Gasteiger partial charge < -0.3 is 0 Å². The van der Waals surface area contributed by atoms with Crippen molar-refractivity contribution in [1.29, 1.82) is 0 Å². The molecule has 0 fully saturated rings. The molecule has 0 atom stereocenters. The maximum Gasteiger partial charge on any atom is 0.258 e. The largest absolute Gasteiger partial charge is 0.288 e. The van der Waals surface area contributed by atoms with Gasteiger partial charge in [-0.2, -0.15) is 0 Å². The second kappa shape index (κ2) is 3.21. The molecule has 7 heteroatoms. The minimum Gasteiger partial charge on any atom is -0.288 e. The van der Waals surface area contributed by atoms with Gasteiger partial charge in [0.2, 0.25) is 0 Å². The molecule has 0 aliphatic carbocycles. The molecule has 7 nitrogen and oxygen atoms in total. The molecule has 2 aromatic rings. The smallest absolute Gasteiger partial charge is 0.258 e. The molecular weight excluding hydrogens is 222 g/mol. The van der Waals surface area contributed by atoms with E-state index < -0.39 is 11.8 Å². The molecule has 0 unspecified atom stereocenters. The van der Waals surface area contributed by atoms with E-state index in [-0.39, 0.29) is 0 Å². The SMILES string of the molecule is Cn1nnnc1-c1c2cccc1C(=O)NC2=O. The highest BCUT2D eigenvalue weighted by molar-refractivity contribution is 6.20. The number of carbonyl (C=O) groups is 2. The quantitative estimate of drug-likeness (QED) is 0.681. The molecule has 0 saturated carbocycles. The van der Waals surface area contributed by atoms with Gasteiger partial charge in [0.15, 0.2) is 5.82 Å². The van der Waals surface area contributed by atoms with Gasteiger partial charge in [-0.3, -0.25) is 14.9 Å². The van der Waals surface area contributed by atoms with Crippen molar-refractivity contribution in [2.24, 2.45) is 7.05 Å².